The number of amides is 1. The third-order valence-corrected chi connectivity index (χ3v) is 3.50. The van der Waals surface area contributed by atoms with Crippen molar-refractivity contribution >= 4 is 11.6 Å². The molecule has 6 nitrogen and oxygen atoms in total. The molecule has 0 aliphatic carbocycles. The lowest BCUT2D eigenvalue weighted by molar-refractivity contribution is 0.102. The van der Waals surface area contributed by atoms with Gasteiger partial charge in [0, 0.05) is 17.3 Å². The van der Waals surface area contributed by atoms with Crippen molar-refractivity contribution in [3.8, 4) is 11.3 Å². The van der Waals surface area contributed by atoms with Crippen molar-refractivity contribution in [1.29, 1.82) is 0 Å². The van der Waals surface area contributed by atoms with Gasteiger partial charge in [-0.05, 0) is 19.1 Å². The van der Waals surface area contributed by atoms with Gasteiger partial charge in [0.05, 0.1) is 24.2 Å². The van der Waals surface area contributed by atoms with E-state index in [1.165, 1.54) is 6.20 Å². The van der Waals surface area contributed by atoms with E-state index in [4.69, 9.17) is 0 Å². The molecule has 0 saturated heterocycles. The molecule has 0 fully saturated rings. The molecule has 2 aromatic heterocycles. The summed E-state index contributed by atoms with van der Waals surface area (Å²) >= 11 is 0. The monoisotopic (exact) mass is 308 g/mol. The SMILES string of the molecule is Cc1ccc(-c2cc(C(=O)Nc3cnccc3CO)[nH]n2)cc1. The van der Waals surface area contributed by atoms with Gasteiger partial charge in [-0.3, -0.25) is 14.9 Å². The van der Waals surface area contributed by atoms with Crippen LogP contribution in [0.2, 0.25) is 0 Å². The van der Waals surface area contributed by atoms with E-state index in [9.17, 15) is 9.90 Å². The number of pyridine rings is 1. The molecule has 0 radical (unpaired) electrons. The minimum absolute atomic E-state index is 0.171. The highest BCUT2D eigenvalue weighted by molar-refractivity contribution is 6.03. The Morgan fingerprint density at radius 1 is 1.26 bits per heavy atom. The molecule has 0 spiro atoms. The van der Waals surface area contributed by atoms with Crippen LogP contribution in [0.5, 0.6) is 0 Å². The molecule has 2 heterocycles. The lowest BCUT2D eigenvalue weighted by atomic mass is 10.1. The molecular weight excluding hydrogens is 292 g/mol. The molecule has 0 aliphatic heterocycles. The predicted molar refractivity (Wildman–Crippen MR) is 86.9 cm³/mol. The maximum absolute atomic E-state index is 12.3. The van der Waals surface area contributed by atoms with Gasteiger partial charge in [0.1, 0.15) is 5.69 Å². The third-order valence-electron chi connectivity index (χ3n) is 3.50. The summed E-state index contributed by atoms with van der Waals surface area (Å²) in [6.45, 7) is 1.84. The van der Waals surface area contributed by atoms with Gasteiger partial charge in [0.25, 0.3) is 5.91 Å². The molecule has 3 N–H and O–H groups in total. The predicted octanol–water partition coefficient (Wildman–Crippen LogP) is 2.52. The van der Waals surface area contributed by atoms with Crippen LogP contribution >= 0.6 is 0 Å². The molecule has 0 unspecified atom stereocenters. The summed E-state index contributed by atoms with van der Waals surface area (Å²) in [5.41, 5.74) is 4.22. The number of nitrogens with zero attached hydrogens (tertiary/aromatic N) is 2. The van der Waals surface area contributed by atoms with Crippen molar-refractivity contribution in [2.45, 2.75) is 13.5 Å². The topological polar surface area (TPSA) is 90.9 Å². The number of hydrogen-bond acceptors (Lipinski definition) is 4. The second-order valence-corrected chi connectivity index (χ2v) is 5.18. The number of aryl methyl sites for hydroxylation is 1. The number of H-pyrrole nitrogens is 1. The first-order chi connectivity index (χ1) is 11.2. The average Bonchev–Trinajstić information content (AvgIpc) is 3.06. The molecule has 116 valence electrons. The Kier molecular flexibility index (Phi) is 4.16. The minimum atomic E-state index is -0.335. The molecule has 1 amide bonds. The quantitative estimate of drug-likeness (QED) is 0.690. The Morgan fingerprint density at radius 2 is 2.04 bits per heavy atom. The van der Waals surface area contributed by atoms with E-state index in [1.807, 2.05) is 31.2 Å². The Bertz CT molecular complexity index is 825. The van der Waals surface area contributed by atoms with Crippen molar-refractivity contribution in [2.75, 3.05) is 5.32 Å². The van der Waals surface area contributed by atoms with E-state index in [1.54, 1.807) is 18.3 Å². The number of benzene rings is 1. The Balaban J connectivity index is 1.80. The van der Waals surface area contributed by atoms with Crippen molar-refractivity contribution < 1.29 is 9.90 Å². The van der Waals surface area contributed by atoms with Crippen LogP contribution in [0.4, 0.5) is 5.69 Å². The highest BCUT2D eigenvalue weighted by atomic mass is 16.3. The second kappa shape index (κ2) is 6.41. The Labute approximate surface area is 133 Å². The molecule has 0 aliphatic rings. The van der Waals surface area contributed by atoms with E-state index in [2.05, 4.69) is 20.5 Å². The van der Waals surface area contributed by atoms with Crippen LogP contribution in [-0.4, -0.2) is 26.2 Å². The highest BCUT2D eigenvalue weighted by Gasteiger charge is 2.13. The van der Waals surface area contributed by atoms with E-state index in [0.717, 1.165) is 11.1 Å². The van der Waals surface area contributed by atoms with Crippen molar-refractivity contribution in [2.24, 2.45) is 0 Å². The molecular formula is C17H16N4O2. The number of carbonyl (C=O) groups is 1. The van der Waals surface area contributed by atoms with Gasteiger partial charge in [-0.2, -0.15) is 5.10 Å². The smallest absolute Gasteiger partial charge is 0.273 e. The van der Waals surface area contributed by atoms with Crippen LogP contribution in [0.3, 0.4) is 0 Å². The molecule has 0 saturated carbocycles. The normalized spacial score (nSPS) is 10.5. The number of aromatic nitrogens is 3. The van der Waals surface area contributed by atoms with Crippen LogP contribution in [-0.2, 0) is 6.61 Å². The van der Waals surface area contributed by atoms with Gasteiger partial charge in [0.2, 0.25) is 0 Å². The van der Waals surface area contributed by atoms with Gasteiger partial charge >= 0.3 is 0 Å². The lowest BCUT2D eigenvalue weighted by Crippen LogP contribution is -2.14. The van der Waals surface area contributed by atoms with Crippen molar-refractivity contribution in [3.05, 3.63) is 65.6 Å². The van der Waals surface area contributed by atoms with Crippen LogP contribution < -0.4 is 5.32 Å². The van der Waals surface area contributed by atoms with Crippen LogP contribution in [0, 0.1) is 6.92 Å². The summed E-state index contributed by atoms with van der Waals surface area (Å²) in [5.74, 6) is -0.335. The first-order valence-electron chi connectivity index (χ1n) is 7.15. The largest absolute Gasteiger partial charge is 0.392 e. The first-order valence-corrected chi connectivity index (χ1v) is 7.15. The maximum Gasteiger partial charge on any atom is 0.273 e. The summed E-state index contributed by atoms with van der Waals surface area (Å²) in [7, 11) is 0. The summed E-state index contributed by atoms with van der Waals surface area (Å²) in [4.78, 5) is 16.2. The number of aliphatic hydroxyl groups is 1. The minimum Gasteiger partial charge on any atom is -0.392 e. The zero-order valence-corrected chi connectivity index (χ0v) is 12.6. The fourth-order valence-corrected chi connectivity index (χ4v) is 2.17. The van der Waals surface area contributed by atoms with E-state index in [0.29, 0.717) is 22.6 Å². The average molecular weight is 308 g/mol. The van der Waals surface area contributed by atoms with Gasteiger partial charge in [-0.1, -0.05) is 29.8 Å². The standard InChI is InChI=1S/C17H16N4O2/c1-11-2-4-12(5-3-11)14-8-15(21-20-14)17(23)19-16-9-18-7-6-13(16)10-22/h2-9,22H,10H2,1H3,(H,19,23)(H,20,21). The molecule has 0 atom stereocenters. The molecule has 0 bridgehead atoms. The number of nitrogens with one attached hydrogen (secondary N) is 2. The number of aliphatic hydroxyl groups excluding tert-OH is 1. The van der Waals surface area contributed by atoms with Crippen molar-refractivity contribution in [1.82, 2.24) is 15.2 Å². The van der Waals surface area contributed by atoms with Gasteiger partial charge in [0.15, 0.2) is 0 Å². The third kappa shape index (κ3) is 3.27. The van der Waals surface area contributed by atoms with Crippen LogP contribution in [0.1, 0.15) is 21.6 Å². The van der Waals surface area contributed by atoms with Gasteiger partial charge in [-0.25, -0.2) is 0 Å². The molecule has 23 heavy (non-hydrogen) atoms. The van der Waals surface area contributed by atoms with Crippen LogP contribution in [0.25, 0.3) is 11.3 Å². The number of carbonyl (C=O) groups excluding carboxylic acids is 1. The molecule has 3 rings (SSSR count). The molecule has 3 aromatic rings. The van der Waals surface area contributed by atoms with E-state index < -0.39 is 0 Å². The maximum atomic E-state index is 12.3. The number of anilines is 1. The molecule has 1 aromatic carbocycles. The van der Waals surface area contributed by atoms with E-state index in [-0.39, 0.29) is 12.5 Å². The summed E-state index contributed by atoms with van der Waals surface area (Å²) in [6, 6.07) is 11.2. The van der Waals surface area contributed by atoms with Crippen LogP contribution in [0.15, 0.2) is 48.8 Å². The first kappa shape index (κ1) is 14.9. The zero-order chi connectivity index (χ0) is 16.2. The number of rotatable bonds is 4. The Morgan fingerprint density at radius 3 is 2.78 bits per heavy atom. The Hall–Kier alpha value is -2.99. The summed E-state index contributed by atoms with van der Waals surface area (Å²) in [5, 5.41) is 18.9. The number of aromatic amines is 1. The fraction of sp³-hybridized carbons (Fsp3) is 0.118. The fourth-order valence-electron chi connectivity index (χ4n) is 2.17. The molecule has 6 heteroatoms. The zero-order valence-electron chi connectivity index (χ0n) is 12.6. The number of hydrogen-bond donors (Lipinski definition) is 3. The lowest BCUT2D eigenvalue weighted by Gasteiger charge is -2.07. The van der Waals surface area contributed by atoms with Gasteiger partial charge in [-0.15, -0.1) is 0 Å². The van der Waals surface area contributed by atoms with Crippen molar-refractivity contribution in [3.63, 3.8) is 0 Å². The summed E-state index contributed by atoms with van der Waals surface area (Å²) < 4.78 is 0. The van der Waals surface area contributed by atoms with E-state index >= 15 is 0 Å². The van der Waals surface area contributed by atoms with Gasteiger partial charge < -0.3 is 10.4 Å². The second-order valence-electron chi connectivity index (χ2n) is 5.18. The highest BCUT2D eigenvalue weighted by Crippen LogP contribution is 2.19. The summed E-state index contributed by atoms with van der Waals surface area (Å²) in [6.07, 6.45) is 3.06.